The highest BCUT2D eigenvalue weighted by Gasteiger charge is 2.23. The van der Waals surface area contributed by atoms with E-state index < -0.39 is 0 Å². The van der Waals surface area contributed by atoms with Crippen LogP contribution in [-0.4, -0.2) is 47.5 Å². The third-order valence-electron chi connectivity index (χ3n) is 5.68. The van der Waals surface area contributed by atoms with E-state index >= 15 is 0 Å². The van der Waals surface area contributed by atoms with Crippen molar-refractivity contribution < 1.29 is 9.66 Å². The molecule has 0 saturated carbocycles. The molecule has 0 aliphatic carbocycles. The van der Waals surface area contributed by atoms with E-state index in [1.165, 1.54) is 11.1 Å². The summed E-state index contributed by atoms with van der Waals surface area (Å²) in [6.07, 6.45) is 1.01. The zero-order valence-electron chi connectivity index (χ0n) is 15.6. The van der Waals surface area contributed by atoms with E-state index in [-0.39, 0.29) is 16.7 Å². The van der Waals surface area contributed by atoms with Gasteiger partial charge in [-0.3, -0.25) is 19.9 Å². The van der Waals surface area contributed by atoms with Gasteiger partial charge in [0, 0.05) is 57.3 Å². The number of nitrogens with zero attached hydrogens (tertiary/aromatic N) is 3. The summed E-state index contributed by atoms with van der Waals surface area (Å²) >= 11 is 0. The fraction of sp³-hybridized carbons (Fsp3) is 0.429. The Bertz CT molecular complexity index is 831. The van der Waals surface area contributed by atoms with E-state index in [1.807, 2.05) is 6.07 Å². The number of nitro groups is 1. The van der Waals surface area contributed by atoms with Crippen LogP contribution in [0.4, 0.5) is 5.69 Å². The Morgan fingerprint density at radius 1 is 1.15 bits per heavy atom. The first-order valence-corrected chi connectivity index (χ1v) is 9.55. The lowest BCUT2D eigenvalue weighted by Crippen LogP contribution is -2.46. The Kier molecular flexibility index (Phi) is 5.09. The number of benzene rings is 2. The smallest absolute Gasteiger partial charge is 0.269 e. The van der Waals surface area contributed by atoms with E-state index in [0.29, 0.717) is 0 Å². The standard InChI is InChI=1S/C21H25N3O3/c1-16(18-3-2-4-20(14-18)24(25)26)23-10-8-22(9-11-23)15-17-5-6-21-19(13-17)7-12-27-21/h2-6,13-14,16H,7-12,15H2,1H3/t16-/m0/s1. The van der Waals surface area contributed by atoms with Gasteiger partial charge in [-0.05, 0) is 29.7 Å². The fourth-order valence-electron chi connectivity index (χ4n) is 4.01. The van der Waals surface area contributed by atoms with Crippen molar-refractivity contribution in [2.45, 2.75) is 25.9 Å². The Hall–Kier alpha value is -2.44. The van der Waals surface area contributed by atoms with Crippen molar-refractivity contribution in [3.8, 4) is 5.75 Å². The molecule has 2 aliphatic rings. The van der Waals surface area contributed by atoms with Crippen molar-refractivity contribution in [2.75, 3.05) is 32.8 Å². The molecule has 1 saturated heterocycles. The molecule has 6 nitrogen and oxygen atoms in total. The van der Waals surface area contributed by atoms with Gasteiger partial charge >= 0.3 is 0 Å². The molecule has 0 spiro atoms. The van der Waals surface area contributed by atoms with Crippen LogP contribution >= 0.6 is 0 Å². The van der Waals surface area contributed by atoms with Gasteiger partial charge in [0.1, 0.15) is 5.75 Å². The zero-order valence-corrected chi connectivity index (χ0v) is 15.6. The molecule has 142 valence electrons. The van der Waals surface area contributed by atoms with Crippen LogP contribution in [0.2, 0.25) is 0 Å². The molecule has 6 heteroatoms. The molecule has 4 rings (SSSR count). The fourth-order valence-corrected chi connectivity index (χ4v) is 4.01. The minimum Gasteiger partial charge on any atom is -0.493 e. The summed E-state index contributed by atoms with van der Waals surface area (Å²) in [5.41, 5.74) is 3.85. The Morgan fingerprint density at radius 2 is 1.96 bits per heavy atom. The molecule has 27 heavy (non-hydrogen) atoms. The summed E-state index contributed by atoms with van der Waals surface area (Å²) in [6.45, 7) is 7.85. The molecular weight excluding hydrogens is 342 g/mol. The van der Waals surface area contributed by atoms with Gasteiger partial charge in [0.05, 0.1) is 11.5 Å². The first-order valence-electron chi connectivity index (χ1n) is 9.55. The normalized spacial score (nSPS) is 18.7. The van der Waals surface area contributed by atoms with Crippen molar-refractivity contribution in [1.29, 1.82) is 0 Å². The van der Waals surface area contributed by atoms with Crippen molar-refractivity contribution in [1.82, 2.24) is 9.80 Å². The second kappa shape index (κ2) is 7.66. The third kappa shape index (κ3) is 3.96. The van der Waals surface area contributed by atoms with E-state index in [9.17, 15) is 10.1 Å². The van der Waals surface area contributed by atoms with Gasteiger partial charge in [-0.25, -0.2) is 0 Å². The van der Waals surface area contributed by atoms with Gasteiger partial charge in [0.25, 0.3) is 5.69 Å². The van der Waals surface area contributed by atoms with Crippen LogP contribution < -0.4 is 4.74 Å². The van der Waals surface area contributed by atoms with Gasteiger partial charge < -0.3 is 4.74 Å². The topological polar surface area (TPSA) is 58.9 Å². The summed E-state index contributed by atoms with van der Waals surface area (Å²) in [5, 5.41) is 11.0. The van der Waals surface area contributed by atoms with Crippen LogP contribution in [0.1, 0.15) is 29.7 Å². The number of nitro benzene ring substituents is 1. The Balaban J connectivity index is 1.34. The maximum atomic E-state index is 11.0. The van der Waals surface area contributed by atoms with E-state index in [4.69, 9.17) is 4.74 Å². The van der Waals surface area contributed by atoms with Gasteiger partial charge in [0.2, 0.25) is 0 Å². The van der Waals surface area contributed by atoms with E-state index in [2.05, 4.69) is 34.9 Å². The molecule has 0 unspecified atom stereocenters. The van der Waals surface area contributed by atoms with Gasteiger partial charge in [-0.2, -0.15) is 0 Å². The molecule has 2 heterocycles. The van der Waals surface area contributed by atoms with Crippen LogP contribution in [-0.2, 0) is 13.0 Å². The van der Waals surface area contributed by atoms with Crippen LogP contribution in [0, 0.1) is 10.1 Å². The third-order valence-corrected chi connectivity index (χ3v) is 5.68. The summed E-state index contributed by atoms with van der Waals surface area (Å²) < 4.78 is 5.59. The van der Waals surface area contributed by atoms with Crippen LogP contribution in [0.15, 0.2) is 42.5 Å². The minimum atomic E-state index is -0.324. The van der Waals surface area contributed by atoms with Crippen molar-refractivity contribution >= 4 is 5.69 Å². The maximum Gasteiger partial charge on any atom is 0.269 e. The lowest BCUT2D eigenvalue weighted by molar-refractivity contribution is -0.385. The van der Waals surface area contributed by atoms with Gasteiger partial charge in [-0.15, -0.1) is 0 Å². The summed E-state index contributed by atoms with van der Waals surface area (Å²) in [7, 11) is 0. The summed E-state index contributed by atoms with van der Waals surface area (Å²) in [6, 6.07) is 13.7. The van der Waals surface area contributed by atoms with Crippen LogP contribution in [0.3, 0.4) is 0 Å². The predicted molar refractivity (Wildman–Crippen MR) is 104 cm³/mol. The number of rotatable bonds is 5. The number of hydrogen-bond donors (Lipinski definition) is 0. The van der Waals surface area contributed by atoms with Crippen molar-refractivity contribution in [3.05, 3.63) is 69.3 Å². The van der Waals surface area contributed by atoms with E-state index in [1.54, 1.807) is 18.2 Å². The van der Waals surface area contributed by atoms with Crippen LogP contribution in [0.25, 0.3) is 0 Å². The highest BCUT2D eigenvalue weighted by Crippen LogP contribution is 2.28. The maximum absolute atomic E-state index is 11.0. The van der Waals surface area contributed by atoms with Gasteiger partial charge in [0.15, 0.2) is 0 Å². The lowest BCUT2D eigenvalue weighted by Gasteiger charge is -2.38. The molecule has 2 aliphatic heterocycles. The lowest BCUT2D eigenvalue weighted by atomic mass is 10.0. The number of fused-ring (bicyclic) bond motifs is 1. The molecule has 0 bridgehead atoms. The molecular formula is C21H25N3O3. The average Bonchev–Trinajstić information content (AvgIpc) is 3.16. The first kappa shape index (κ1) is 17.9. The number of piperazine rings is 1. The second-order valence-corrected chi connectivity index (χ2v) is 7.38. The molecule has 0 aromatic heterocycles. The molecule has 2 aromatic rings. The second-order valence-electron chi connectivity index (χ2n) is 7.38. The summed E-state index contributed by atoms with van der Waals surface area (Å²) in [4.78, 5) is 15.6. The molecule has 1 fully saturated rings. The number of hydrogen-bond acceptors (Lipinski definition) is 5. The quantitative estimate of drug-likeness (QED) is 0.599. The monoisotopic (exact) mass is 367 g/mol. The van der Waals surface area contributed by atoms with Crippen molar-refractivity contribution in [2.24, 2.45) is 0 Å². The van der Waals surface area contributed by atoms with Crippen LogP contribution in [0.5, 0.6) is 5.75 Å². The average molecular weight is 367 g/mol. The Labute approximate surface area is 159 Å². The highest BCUT2D eigenvalue weighted by atomic mass is 16.6. The molecule has 0 N–H and O–H groups in total. The Morgan fingerprint density at radius 3 is 2.74 bits per heavy atom. The number of non-ortho nitro benzene ring substituents is 1. The molecule has 0 radical (unpaired) electrons. The largest absolute Gasteiger partial charge is 0.493 e. The minimum absolute atomic E-state index is 0.165. The molecule has 1 atom stereocenters. The predicted octanol–water partition coefficient (Wildman–Crippen LogP) is 3.41. The summed E-state index contributed by atoms with van der Waals surface area (Å²) in [5.74, 6) is 1.04. The first-order chi connectivity index (χ1) is 13.1. The SMILES string of the molecule is C[C@@H](c1cccc([N+](=O)[O-])c1)N1CCN(Cc2ccc3c(c2)CCO3)CC1. The zero-order chi connectivity index (χ0) is 18.8. The number of ether oxygens (including phenoxy) is 1. The van der Waals surface area contributed by atoms with E-state index in [0.717, 1.165) is 57.1 Å². The molecule has 0 amide bonds. The highest BCUT2D eigenvalue weighted by molar-refractivity contribution is 5.40. The van der Waals surface area contributed by atoms with Gasteiger partial charge in [-0.1, -0.05) is 24.3 Å². The van der Waals surface area contributed by atoms with Crippen molar-refractivity contribution in [3.63, 3.8) is 0 Å². The molecule has 2 aromatic carbocycles.